The fourth-order valence-corrected chi connectivity index (χ4v) is 7.10. The Morgan fingerprint density at radius 2 is 1.38 bits per heavy atom. The summed E-state index contributed by atoms with van der Waals surface area (Å²) in [6.07, 6.45) is -3.22. The molecule has 2 unspecified atom stereocenters. The van der Waals surface area contributed by atoms with Gasteiger partial charge in [0.15, 0.2) is 0 Å². The average Bonchev–Trinajstić information content (AvgIpc) is 3.36. The van der Waals surface area contributed by atoms with Crippen LogP contribution in [0, 0.1) is 11.6 Å². The van der Waals surface area contributed by atoms with Gasteiger partial charge in [-0.25, -0.2) is 26.7 Å². The molecule has 4 rings (SSSR count). The Morgan fingerprint density at radius 3 is 1.89 bits per heavy atom. The normalized spacial score (nSPS) is 13.1. The molecule has 0 fully saturated rings. The van der Waals surface area contributed by atoms with E-state index < -0.39 is 58.1 Å². The lowest BCUT2D eigenvalue weighted by Gasteiger charge is -2.20. The molecule has 1 heterocycles. The van der Waals surface area contributed by atoms with E-state index in [0.29, 0.717) is 28.1 Å². The molecule has 0 amide bonds. The second-order valence-electron chi connectivity index (χ2n) is 11.5. The molecule has 250 valence electrons. The maximum Gasteiger partial charge on any atom is 0.335 e. The van der Waals surface area contributed by atoms with Gasteiger partial charge in [-0.3, -0.25) is 4.79 Å². The minimum atomic E-state index is -4.36. The summed E-state index contributed by atoms with van der Waals surface area (Å²) >= 11 is 0. The average molecular weight is 671 g/mol. The Hall–Kier alpha value is -4.43. The van der Waals surface area contributed by atoms with Gasteiger partial charge in [0.2, 0.25) is 10.0 Å². The van der Waals surface area contributed by atoms with Crippen molar-refractivity contribution in [1.29, 1.82) is 0 Å². The van der Waals surface area contributed by atoms with Crippen LogP contribution in [-0.4, -0.2) is 57.6 Å². The van der Waals surface area contributed by atoms with Gasteiger partial charge in [0, 0.05) is 24.3 Å². The SMILES string of the molecule is CC(C)c1c(S(=O)(=O)NCc2ccc(C(=O)O)cc2)c(-c2ccc(F)cc2)c(-c2ccc(F)cc2)n1CCC(O)CC(O)CC(=O)O. The van der Waals surface area contributed by atoms with Gasteiger partial charge in [0.25, 0.3) is 0 Å². The molecule has 47 heavy (non-hydrogen) atoms. The van der Waals surface area contributed by atoms with Crippen molar-refractivity contribution in [2.24, 2.45) is 0 Å². The number of carbonyl (C=O) groups is 2. The van der Waals surface area contributed by atoms with E-state index in [1.807, 2.05) is 0 Å². The van der Waals surface area contributed by atoms with E-state index in [9.17, 15) is 42.1 Å². The summed E-state index contributed by atoms with van der Waals surface area (Å²) in [6.45, 7) is 3.41. The fraction of sp³-hybridized carbons (Fsp3) is 0.294. The number of sulfonamides is 1. The minimum Gasteiger partial charge on any atom is -0.481 e. The Morgan fingerprint density at radius 1 is 0.830 bits per heavy atom. The molecule has 5 N–H and O–H groups in total. The molecule has 10 nitrogen and oxygen atoms in total. The van der Waals surface area contributed by atoms with Gasteiger partial charge in [0.1, 0.15) is 16.5 Å². The Balaban J connectivity index is 1.90. The topological polar surface area (TPSA) is 166 Å². The maximum absolute atomic E-state index is 14.3. The van der Waals surface area contributed by atoms with Crippen molar-refractivity contribution < 1.29 is 47.2 Å². The van der Waals surface area contributed by atoms with Crippen molar-refractivity contribution >= 4 is 22.0 Å². The number of aromatic carboxylic acids is 1. The van der Waals surface area contributed by atoms with Gasteiger partial charge in [0.05, 0.1) is 29.9 Å². The zero-order chi connectivity index (χ0) is 34.5. The van der Waals surface area contributed by atoms with Gasteiger partial charge in [-0.15, -0.1) is 0 Å². The number of carboxylic acids is 2. The van der Waals surface area contributed by atoms with Gasteiger partial charge in [-0.05, 0) is 84.0 Å². The highest BCUT2D eigenvalue weighted by Gasteiger charge is 2.34. The zero-order valence-corrected chi connectivity index (χ0v) is 26.5. The second kappa shape index (κ2) is 15.0. The van der Waals surface area contributed by atoms with Gasteiger partial charge in [-0.1, -0.05) is 38.1 Å². The van der Waals surface area contributed by atoms with E-state index in [1.165, 1.54) is 72.8 Å². The van der Waals surface area contributed by atoms with Crippen LogP contribution in [0.15, 0.2) is 77.7 Å². The number of aliphatic carboxylic acids is 1. The first kappa shape index (κ1) is 35.4. The molecule has 3 aromatic carbocycles. The van der Waals surface area contributed by atoms with E-state index in [-0.39, 0.29) is 42.0 Å². The molecule has 13 heteroatoms. The quantitative estimate of drug-likeness (QED) is 0.113. The number of carboxylic acid groups (broad SMARTS) is 2. The predicted octanol–water partition coefficient (Wildman–Crippen LogP) is 5.38. The molecule has 0 aliphatic rings. The first-order valence-electron chi connectivity index (χ1n) is 14.9. The number of hydrogen-bond donors (Lipinski definition) is 5. The highest BCUT2D eigenvalue weighted by molar-refractivity contribution is 7.89. The Kier molecular flexibility index (Phi) is 11.3. The van der Waals surface area contributed by atoms with Crippen LogP contribution < -0.4 is 4.72 Å². The van der Waals surface area contributed by atoms with E-state index in [1.54, 1.807) is 18.4 Å². The Bertz CT molecular complexity index is 1820. The molecular formula is C34H36F2N2O8S. The van der Waals surface area contributed by atoms with Crippen LogP contribution in [0.1, 0.15) is 60.6 Å². The summed E-state index contributed by atoms with van der Waals surface area (Å²) in [5, 5.41) is 39.0. The van der Waals surface area contributed by atoms with Crippen LogP contribution in [-0.2, 0) is 27.9 Å². The van der Waals surface area contributed by atoms with Crippen LogP contribution in [0.4, 0.5) is 8.78 Å². The van der Waals surface area contributed by atoms with Crippen LogP contribution in [0.25, 0.3) is 22.4 Å². The molecule has 0 bridgehead atoms. The number of aliphatic hydroxyl groups excluding tert-OH is 2. The summed E-state index contributed by atoms with van der Waals surface area (Å²) in [7, 11) is -4.36. The third-order valence-corrected chi connectivity index (χ3v) is 9.11. The molecule has 4 aromatic rings. The van der Waals surface area contributed by atoms with E-state index in [4.69, 9.17) is 5.11 Å². The van der Waals surface area contributed by atoms with Gasteiger partial charge >= 0.3 is 11.9 Å². The number of aromatic nitrogens is 1. The number of hydrogen-bond acceptors (Lipinski definition) is 6. The van der Waals surface area contributed by atoms with E-state index in [0.717, 1.165) is 0 Å². The maximum atomic E-state index is 14.3. The van der Waals surface area contributed by atoms with Crippen LogP contribution in [0.2, 0.25) is 0 Å². The Labute approximate surface area is 271 Å². The van der Waals surface area contributed by atoms with Crippen LogP contribution in [0.5, 0.6) is 0 Å². The first-order valence-corrected chi connectivity index (χ1v) is 16.3. The molecule has 0 aliphatic carbocycles. The van der Waals surface area contributed by atoms with E-state index >= 15 is 0 Å². The first-order chi connectivity index (χ1) is 22.2. The molecule has 1 aromatic heterocycles. The van der Waals surface area contributed by atoms with Crippen molar-refractivity contribution in [1.82, 2.24) is 9.29 Å². The largest absolute Gasteiger partial charge is 0.481 e. The molecule has 0 spiro atoms. The summed E-state index contributed by atoms with van der Waals surface area (Å²) in [6, 6.07) is 16.4. The van der Waals surface area contributed by atoms with Crippen molar-refractivity contribution in [3.05, 3.63) is 101 Å². The number of nitrogens with one attached hydrogen (secondary N) is 1. The van der Waals surface area contributed by atoms with Crippen molar-refractivity contribution in [3.8, 4) is 22.4 Å². The summed E-state index contributed by atoms with van der Waals surface area (Å²) in [5.74, 6) is -3.85. The van der Waals surface area contributed by atoms with Gasteiger partial charge in [-0.2, -0.15) is 0 Å². The number of nitrogens with zero attached hydrogens (tertiary/aromatic N) is 1. The molecule has 2 atom stereocenters. The summed E-state index contributed by atoms with van der Waals surface area (Å²) < 4.78 is 61.1. The third kappa shape index (κ3) is 8.69. The predicted molar refractivity (Wildman–Crippen MR) is 170 cm³/mol. The fourth-order valence-electron chi connectivity index (χ4n) is 5.49. The number of aliphatic hydroxyl groups is 2. The highest BCUT2D eigenvalue weighted by atomic mass is 32.2. The number of benzene rings is 3. The molecule has 0 saturated carbocycles. The van der Waals surface area contributed by atoms with Gasteiger partial charge < -0.3 is 25.0 Å². The molecule has 0 radical (unpaired) electrons. The lowest BCUT2D eigenvalue weighted by Crippen LogP contribution is -2.25. The zero-order valence-electron chi connectivity index (χ0n) is 25.7. The highest BCUT2D eigenvalue weighted by Crippen LogP contribution is 2.44. The lowest BCUT2D eigenvalue weighted by atomic mass is 10.00. The second-order valence-corrected chi connectivity index (χ2v) is 13.2. The van der Waals surface area contributed by atoms with Crippen LogP contribution >= 0.6 is 0 Å². The summed E-state index contributed by atoms with van der Waals surface area (Å²) in [4.78, 5) is 22.2. The smallest absolute Gasteiger partial charge is 0.335 e. The van der Waals surface area contributed by atoms with Crippen molar-refractivity contribution in [2.75, 3.05) is 0 Å². The van der Waals surface area contributed by atoms with Crippen LogP contribution in [0.3, 0.4) is 0 Å². The van der Waals surface area contributed by atoms with Crippen molar-refractivity contribution in [2.45, 2.75) is 69.2 Å². The third-order valence-electron chi connectivity index (χ3n) is 7.63. The van der Waals surface area contributed by atoms with E-state index in [2.05, 4.69) is 4.72 Å². The number of rotatable bonds is 15. The standard InChI is InChI=1S/C34H36F2N2O8S/c1-20(2)31-33(47(45,46)37-19-21-3-5-24(6-4-21)34(43)44)30(22-7-11-25(35)12-8-22)32(23-9-13-26(36)14-10-23)38(31)16-15-27(39)17-28(40)18-29(41)42/h3-14,20,27-28,37,39-40H,15-19H2,1-2H3,(H,41,42)(H,43,44). The summed E-state index contributed by atoms with van der Waals surface area (Å²) in [5.41, 5.74) is 2.26. The number of halogens is 2. The minimum absolute atomic E-state index is 0.00493. The lowest BCUT2D eigenvalue weighted by molar-refractivity contribution is -0.139. The molecular weight excluding hydrogens is 634 g/mol. The van der Waals surface area contributed by atoms with Crippen molar-refractivity contribution in [3.63, 3.8) is 0 Å². The molecule has 0 aliphatic heterocycles. The monoisotopic (exact) mass is 670 g/mol. The molecule has 0 saturated heterocycles.